The SMILES string of the molecule is Cc1ccc([N+](=O)[O-])cc1-c1ccc(/C=N\NC(=O)CNc2ccc3c(c2)OCO3)o1. The summed E-state index contributed by atoms with van der Waals surface area (Å²) in [7, 11) is 0. The number of ether oxygens (including phenoxy) is 2. The Hall–Kier alpha value is -4.34. The third-order valence-electron chi connectivity index (χ3n) is 4.53. The Labute approximate surface area is 176 Å². The highest BCUT2D eigenvalue weighted by atomic mass is 16.7. The first kappa shape index (κ1) is 20.0. The van der Waals surface area contributed by atoms with Crippen molar-refractivity contribution in [3.63, 3.8) is 0 Å². The van der Waals surface area contributed by atoms with Gasteiger partial charge in [-0.1, -0.05) is 6.07 Å². The number of hydrazone groups is 1. The lowest BCUT2D eigenvalue weighted by Gasteiger charge is -2.06. The van der Waals surface area contributed by atoms with Gasteiger partial charge in [0.25, 0.3) is 11.6 Å². The van der Waals surface area contributed by atoms with Crippen LogP contribution < -0.4 is 20.2 Å². The Balaban J connectivity index is 1.32. The molecule has 158 valence electrons. The standard InChI is InChI=1S/C21H18N4O6/c1-13-2-4-15(25(27)28)9-17(13)18-7-5-16(31-18)10-23-24-21(26)11-22-14-3-6-19-20(8-14)30-12-29-19/h2-10,22H,11-12H2,1H3,(H,24,26)/b23-10-. The maximum Gasteiger partial charge on any atom is 0.270 e. The van der Waals surface area contributed by atoms with Gasteiger partial charge >= 0.3 is 0 Å². The zero-order valence-corrected chi connectivity index (χ0v) is 16.5. The fourth-order valence-electron chi connectivity index (χ4n) is 2.95. The number of nitrogens with zero attached hydrogens (tertiary/aromatic N) is 2. The van der Waals surface area contributed by atoms with Crippen LogP contribution in [0.4, 0.5) is 11.4 Å². The molecular formula is C21H18N4O6. The van der Waals surface area contributed by atoms with Crippen molar-refractivity contribution < 1.29 is 23.6 Å². The van der Waals surface area contributed by atoms with Gasteiger partial charge in [-0.25, -0.2) is 5.43 Å². The lowest BCUT2D eigenvalue weighted by Crippen LogP contribution is -2.25. The third kappa shape index (κ3) is 4.64. The predicted molar refractivity (Wildman–Crippen MR) is 112 cm³/mol. The van der Waals surface area contributed by atoms with Gasteiger partial charge < -0.3 is 19.2 Å². The molecule has 1 aromatic heterocycles. The van der Waals surface area contributed by atoms with Crippen molar-refractivity contribution in [3.05, 3.63) is 70.0 Å². The third-order valence-corrected chi connectivity index (χ3v) is 4.53. The summed E-state index contributed by atoms with van der Waals surface area (Å²) in [6.07, 6.45) is 1.36. The number of fused-ring (bicyclic) bond motifs is 1. The summed E-state index contributed by atoms with van der Waals surface area (Å²) in [5, 5.41) is 17.8. The van der Waals surface area contributed by atoms with E-state index < -0.39 is 4.92 Å². The maximum absolute atomic E-state index is 12.0. The van der Waals surface area contributed by atoms with E-state index >= 15 is 0 Å². The summed E-state index contributed by atoms with van der Waals surface area (Å²) in [5.41, 5.74) is 4.55. The number of nitrogens with one attached hydrogen (secondary N) is 2. The molecule has 0 bridgehead atoms. The van der Waals surface area contributed by atoms with Crippen LogP contribution in [0.25, 0.3) is 11.3 Å². The molecule has 0 radical (unpaired) electrons. The van der Waals surface area contributed by atoms with Crippen LogP contribution in [0.15, 0.2) is 58.0 Å². The van der Waals surface area contributed by atoms with Gasteiger partial charge in [0.05, 0.1) is 17.7 Å². The maximum atomic E-state index is 12.0. The summed E-state index contributed by atoms with van der Waals surface area (Å²) < 4.78 is 16.2. The lowest BCUT2D eigenvalue weighted by molar-refractivity contribution is -0.384. The van der Waals surface area contributed by atoms with E-state index in [4.69, 9.17) is 13.9 Å². The summed E-state index contributed by atoms with van der Waals surface area (Å²) in [6.45, 7) is 2.03. The molecule has 1 aliphatic heterocycles. The Morgan fingerprint density at radius 1 is 1.16 bits per heavy atom. The van der Waals surface area contributed by atoms with Gasteiger partial charge in [-0.05, 0) is 36.8 Å². The first-order valence-electron chi connectivity index (χ1n) is 9.30. The van der Waals surface area contributed by atoms with Crippen LogP contribution in [0.3, 0.4) is 0 Å². The highest BCUT2D eigenvalue weighted by molar-refractivity contribution is 5.83. The second kappa shape index (κ2) is 8.57. The number of nitro benzene ring substituents is 1. The van der Waals surface area contributed by atoms with Crippen molar-refractivity contribution in [1.82, 2.24) is 5.43 Å². The minimum atomic E-state index is -0.457. The number of nitro groups is 1. The van der Waals surface area contributed by atoms with E-state index in [0.717, 1.165) is 5.56 Å². The van der Waals surface area contributed by atoms with Crippen molar-refractivity contribution in [3.8, 4) is 22.8 Å². The van der Waals surface area contributed by atoms with E-state index in [0.29, 0.717) is 34.3 Å². The molecule has 1 amide bonds. The Kier molecular flexibility index (Phi) is 5.52. The molecule has 2 heterocycles. The molecule has 3 aromatic rings. The van der Waals surface area contributed by atoms with Crippen LogP contribution in [0.2, 0.25) is 0 Å². The second-order valence-corrected chi connectivity index (χ2v) is 6.67. The molecule has 0 atom stereocenters. The molecule has 10 nitrogen and oxygen atoms in total. The lowest BCUT2D eigenvalue weighted by atomic mass is 10.1. The van der Waals surface area contributed by atoms with Crippen molar-refractivity contribution in [2.45, 2.75) is 6.92 Å². The summed E-state index contributed by atoms with van der Waals surface area (Å²) in [5.74, 6) is 1.80. The van der Waals surface area contributed by atoms with E-state index in [1.54, 1.807) is 36.4 Å². The van der Waals surface area contributed by atoms with Gasteiger partial charge in [-0.2, -0.15) is 5.10 Å². The zero-order chi connectivity index (χ0) is 21.8. The molecule has 2 aromatic carbocycles. The van der Waals surface area contributed by atoms with Crippen molar-refractivity contribution in [1.29, 1.82) is 0 Å². The fourth-order valence-corrected chi connectivity index (χ4v) is 2.95. The first-order chi connectivity index (χ1) is 15.0. The zero-order valence-electron chi connectivity index (χ0n) is 16.5. The van der Waals surface area contributed by atoms with Gasteiger partial charge in [0, 0.05) is 29.4 Å². The van der Waals surface area contributed by atoms with Crippen LogP contribution in [0.1, 0.15) is 11.3 Å². The van der Waals surface area contributed by atoms with Gasteiger partial charge in [0.2, 0.25) is 6.79 Å². The Morgan fingerprint density at radius 3 is 2.84 bits per heavy atom. The molecule has 0 spiro atoms. The summed E-state index contributed by atoms with van der Waals surface area (Å²) in [6, 6.07) is 13.2. The molecule has 1 aliphatic rings. The topological polar surface area (TPSA) is 128 Å². The molecule has 0 fully saturated rings. The number of rotatable bonds is 7. The monoisotopic (exact) mass is 422 g/mol. The van der Waals surface area contributed by atoms with Crippen LogP contribution >= 0.6 is 0 Å². The fraction of sp³-hybridized carbons (Fsp3) is 0.143. The molecule has 0 saturated heterocycles. The first-order valence-corrected chi connectivity index (χ1v) is 9.30. The number of carbonyl (C=O) groups excluding carboxylic acids is 1. The molecular weight excluding hydrogens is 404 g/mol. The number of hydrogen-bond acceptors (Lipinski definition) is 8. The van der Waals surface area contributed by atoms with E-state index in [2.05, 4.69) is 15.8 Å². The largest absolute Gasteiger partial charge is 0.455 e. The smallest absolute Gasteiger partial charge is 0.270 e. The quantitative estimate of drug-likeness (QED) is 0.339. The minimum Gasteiger partial charge on any atom is -0.455 e. The molecule has 0 unspecified atom stereocenters. The second-order valence-electron chi connectivity index (χ2n) is 6.67. The number of furan rings is 1. The average Bonchev–Trinajstić information content (AvgIpc) is 3.41. The predicted octanol–water partition coefficient (Wildman–Crippen LogP) is 3.45. The number of hydrogen-bond donors (Lipinski definition) is 2. The minimum absolute atomic E-state index is 0.00721. The number of carbonyl (C=O) groups is 1. The van der Waals surface area contributed by atoms with Crippen molar-refractivity contribution in [2.24, 2.45) is 5.10 Å². The van der Waals surface area contributed by atoms with E-state index in [9.17, 15) is 14.9 Å². The van der Waals surface area contributed by atoms with E-state index in [1.165, 1.54) is 18.3 Å². The molecule has 4 rings (SSSR count). The van der Waals surface area contributed by atoms with Gasteiger partial charge in [0.15, 0.2) is 11.5 Å². The number of non-ortho nitro benzene ring substituents is 1. The Morgan fingerprint density at radius 2 is 2.00 bits per heavy atom. The normalized spacial score (nSPS) is 12.2. The molecule has 0 saturated carbocycles. The number of anilines is 1. The van der Waals surface area contributed by atoms with Crippen LogP contribution in [-0.2, 0) is 4.79 Å². The van der Waals surface area contributed by atoms with Crippen LogP contribution in [-0.4, -0.2) is 30.4 Å². The molecule has 31 heavy (non-hydrogen) atoms. The van der Waals surface area contributed by atoms with Crippen molar-refractivity contribution >= 4 is 23.5 Å². The Bertz CT molecular complexity index is 1170. The highest BCUT2D eigenvalue weighted by Crippen LogP contribution is 2.34. The molecule has 2 N–H and O–H groups in total. The average molecular weight is 422 g/mol. The van der Waals surface area contributed by atoms with E-state index in [-0.39, 0.29) is 24.9 Å². The van der Waals surface area contributed by atoms with Crippen LogP contribution in [0.5, 0.6) is 11.5 Å². The highest BCUT2D eigenvalue weighted by Gasteiger charge is 2.14. The van der Waals surface area contributed by atoms with Gasteiger partial charge in [-0.15, -0.1) is 0 Å². The van der Waals surface area contributed by atoms with Gasteiger partial charge in [0.1, 0.15) is 11.5 Å². The number of amides is 1. The van der Waals surface area contributed by atoms with Crippen molar-refractivity contribution in [2.75, 3.05) is 18.7 Å². The summed E-state index contributed by atoms with van der Waals surface area (Å²) in [4.78, 5) is 22.5. The number of aryl methyl sites for hydroxylation is 1. The van der Waals surface area contributed by atoms with E-state index in [1.807, 2.05) is 6.92 Å². The van der Waals surface area contributed by atoms with Crippen LogP contribution in [0, 0.1) is 17.0 Å². The van der Waals surface area contributed by atoms with Gasteiger partial charge in [-0.3, -0.25) is 14.9 Å². The molecule has 0 aliphatic carbocycles. The summed E-state index contributed by atoms with van der Waals surface area (Å²) >= 11 is 0. The molecule has 10 heteroatoms. The number of benzene rings is 2.